The molecule has 1 aliphatic rings. The lowest BCUT2D eigenvalue weighted by Gasteiger charge is -2.26. The number of alkyl halides is 2. The van der Waals surface area contributed by atoms with Crippen LogP contribution in [0.4, 0.5) is 13.2 Å². The highest BCUT2D eigenvalue weighted by Gasteiger charge is 2.40. The fourth-order valence-electron chi connectivity index (χ4n) is 3.73. The third-order valence-corrected chi connectivity index (χ3v) is 5.23. The highest BCUT2D eigenvalue weighted by Crippen LogP contribution is 2.40. The lowest BCUT2D eigenvalue weighted by molar-refractivity contribution is -0.0503. The summed E-state index contributed by atoms with van der Waals surface area (Å²) in [5.74, 6) is -0.502. The maximum atomic E-state index is 14.4. The topological polar surface area (TPSA) is 69.7 Å². The number of aryl methyl sites for hydroxylation is 2. The molecule has 1 aromatic heterocycles. The Morgan fingerprint density at radius 3 is 2.55 bits per heavy atom. The zero-order chi connectivity index (χ0) is 22.2. The van der Waals surface area contributed by atoms with Crippen LogP contribution < -0.4 is 10.5 Å². The summed E-state index contributed by atoms with van der Waals surface area (Å²) < 4.78 is 49.7. The van der Waals surface area contributed by atoms with Gasteiger partial charge in [0.25, 0.3) is 6.02 Å². The molecule has 0 saturated heterocycles. The number of rotatable bonds is 5. The van der Waals surface area contributed by atoms with Crippen molar-refractivity contribution in [2.75, 3.05) is 6.61 Å². The molecule has 1 atom stereocenters. The van der Waals surface area contributed by atoms with Crippen LogP contribution in [0.25, 0.3) is 11.1 Å². The van der Waals surface area contributed by atoms with Crippen molar-refractivity contribution in [3.8, 4) is 16.9 Å². The Bertz CT molecular complexity index is 1170. The van der Waals surface area contributed by atoms with Crippen molar-refractivity contribution < 1.29 is 22.6 Å². The van der Waals surface area contributed by atoms with Gasteiger partial charge < -0.3 is 15.2 Å². The molecule has 2 heterocycles. The molecule has 0 radical (unpaired) electrons. The Morgan fingerprint density at radius 2 is 1.87 bits per heavy atom. The highest BCUT2D eigenvalue weighted by atomic mass is 19.3. The molecule has 1 aliphatic heterocycles. The first kappa shape index (κ1) is 20.7. The summed E-state index contributed by atoms with van der Waals surface area (Å²) in [6, 6.07) is 13.8. The van der Waals surface area contributed by atoms with E-state index in [9.17, 15) is 13.2 Å². The number of nitrogens with zero attached hydrogens (tertiary/aromatic N) is 2. The van der Waals surface area contributed by atoms with Crippen molar-refractivity contribution in [1.29, 1.82) is 0 Å². The van der Waals surface area contributed by atoms with Crippen LogP contribution in [0.5, 0.6) is 5.75 Å². The zero-order valence-corrected chi connectivity index (χ0v) is 16.9. The van der Waals surface area contributed by atoms with Crippen LogP contribution in [0.3, 0.4) is 0 Å². The van der Waals surface area contributed by atoms with Crippen molar-refractivity contribution in [2.45, 2.75) is 26.0 Å². The minimum Gasteiger partial charge on any atom is -0.462 e. The Hall–Kier alpha value is -3.55. The Balaban J connectivity index is 1.83. The number of hydrogen-bond donors (Lipinski definition) is 1. The van der Waals surface area contributed by atoms with E-state index >= 15 is 0 Å². The van der Waals surface area contributed by atoms with Gasteiger partial charge in [0.2, 0.25) is 5.95 Å². The molecule has 0 bridgehead atoms. The Kier molecular flexibility index (Phi) is 5.31. The molecule has 0 aliphatic carbocycles. The van der Waals surface area contributed by atoms with Gasteiger partial charge in [0, 0.05) is 11.8 Å². The summed E-state index contributed by atoms with van der Waals surface area (Å²) in [5.41, 5.74) is 8.57. The number of hydrogen-bond acceptors (Lipinski definition) is 5. The van der Waals surface area contributed by atoms with Gasteiger partial charge in [-0.05, 0) is 65.9 Å². The molecule has 3 aromatic rings. The second-order valence-electron chi connectivity index (χ2n) is 7.39. The first-order chi connectivity index (χ1) is 14.8. The molecular formula is C23H20F3N3O2. The van der Waals surface area contributed by atoms with Gasteiger partial charge in [-0.2, -0.15) is 13.2 Å². The highest BCUT2D eigenvalue weighted by molar-refractivity contribution is 5.76. The minimum absolute atomic E-state index is 0.0133. The predicted molar refractivity (Wildman–Crippen MR) is 111 cm³/mol. The first-order valence-corrected chi connectivity index (χ1v) is 9.55. The van der Waals surface area contributed by atoms with Crippen molar-refractivity contribution in [3.05, 3.63) is 82.9 Å². The number of amidine groups is 1. The fraction of sp³-hybridized carbons (Fsp3) is 0.217. The van der Waals surface area contributed by atoms with E-state index in [1.165, 1.54) is 12.3 Å². The summed E-state index contributed by atoms with van der Waals surface area (Å²) >= 11 is 0. The molecule has 0 fully saturated rings. The van der Waals surface area contributed by atoms with Crippen molar-refractivity contribution in [3.63, 3.8) is 0 Å². The van der Waals surface area contributed by atoms with E-state index in [0.29, 0.717) is 27.8 Å². The zero-order valence-electron chi connectivity index (χ0n) is 16.9. The molecule has 2 aromatic carbocycles. The van der Waals surface area contributed by atoms with Crippen LogP contribution in [-0.4, -0.2) is 24.2 Å². The second-order valence-corrected chi connectivity index (χ2v) is 7.39. The molecule has 2 N–H and O–H groups in total. The van der Waals surface area contributed by atoms with Gasteiger partial charge in [-0.25, -0.2) is 9.98 Å². The second kappa shape index (κ2) is 7.94. The number of aromatic nitrogens is 1. The number of pyridine rings is 1. The fourth-order valence-corrected chi connectivity index (χ4v) is 3.73. The van der Waals surface area contributed by atoms with Crippen molar-refractivity contribution in [2.24, 2.45) is 10.7 Å². The van der Waals surface area contributed by atoms with Gasteiger partial charge in [0.15, 0.2) is 5.54 Å². The van der Waals surface area contributed by atoms with Gasteiger partial charge >= 0.3 is 6.61 Å². The quantitative estimate of drug-likeness (QED) is 0.600. The average molecular weight is 427 g/mol. The maximum Gasteiger partial charge on any atom is 0.387 e. The number of ether oxygens (including phenoxy) is 2. The molecule has 0 saturated carbocycles. The molecule has 160 valence electrons. The normalized spacial score (nSPS) is 18.1. The van der Waals surface area contributed by atoms with Crippen molar-refractivity contribution >= 4 is 6.02 Å². The molecule has 0 spiro atoms. The molecule has 5 nitrogen and oxygen atoms in total. The first-order valence-electron chi connectivity index (χ1n) is 9.55. The Morgan fingerprint density at radius 1 is 1.10 bits per heavy atom. The van der Waals surface area contributed by atoms with Gasteiger partial charge in [-0.15, -0.1) is 0 Å². The molecular weight excluding hydrogens is 407 g/mol. The largest absolute Gasteiger partial charge is 0.462 e. The number of benzene rings is 2. The third-order valence-electron chi connectivity index (χ3n) is 5.23. The monoisotopic (exact) mass is 427 g/mol. The van der Waals surface area contributed by atoms with E-state index in [0.717, 1.165) is 5.56 Å². The summed E-state index contributed by atoms with van der Waals surface area (Å²) in [5, 5.41) is 0. The van der Waals surface area contributed by atoms with Crippen LogP contribution in [-0.2, 0) is 10.3 Å². The van der Waals surface area contributed by atoms with Gasteiger partial charge in [-0.3, -0.25) is 0 Å². The van der Waals surface area contributed by atoms with E-state index in [1.807, 2.05) is 19.1 Å². The average Bonchev–Trinajstić information content (AvgIpc) is 3.14. The van der Waals surface area contributed by atoms with E-state index in [4.69, 9.17) is 10.5 Å². The summed E-state index contributed by atoms with van der Waals surface area (Å²) in [7, 11) is 0. The van der Waals surface area contributed by atoms with E-state index in [-0.39, 0.29) is 18.4 Å². The van der Waals surface area contributed by atoms with Gasteiger partial charge in [0.1, 0.15) is 12.4 Å². The predicted octanol–water partition coefficient (Wildman–Crippen LogP) is 4.69. The smallest absolute Gasteiger partial charge is 0.387 e. The number of aliphatic imine (C=N–C) groups is 1. The Labute approximate surface area is 177 Å². The molecule has 0 amide bonds. The summed E-state index contributed by atoms with van der Waals surface area (Å²) in [6.07, 6.45) is 1.46. The maximum absolute atomic E-state index is 14.4. The van der Waals surface area contributed by atoms with Crippen LogP contribution in [0.15, 0.2) is 59.7 Å². The molecule has 31 heavy (non-hydrogen) atoms. The number of nitrogens with two attached hydrogens (primary N) is 1. The van der Waals surface area contributed by atoms with Gasteiger partial charge in [-0.1, -0.05) is 24.3 Å². The molecule has 8 heteroatoms. The van der Waals surface area contributed by atoms with Crippen LogP contribution >= 0.6 is 0 Å². The van der Waals surface area contributed by atoms with Gasteiger partial charge in [0.05, 0.1) is 0 Å². The molecule has 1 unspecified atom stereocenters. The standard InChI is InChI=1S/C23H20F3N3O2/c1-13-8-18(20(24)28-11-13)15-4-3-5-16(10-15)23(12-30-22(27)29-23)17-6-7-19(14(2)9-17)31-21(25)26/h3-11,21H,12H2,1-2H3,(H2,27,29). The lowest BCUT2D eigenvalue weighted by atomic mass is 9.82. The van der Waals surface area contributed by atoms with Crippen molar-refractivity contribution in [1.82, 2.24) is 4.98 Å². The van der Waals surface area contributed by atoms with E-state index in [1.54, 1.807) is 37.3 Å². The third kappa shape index (κ3) is 3.93. The minimum atomic E-state index is -2.92. The van der Waals surface area contributed by atoms with Crippen LogP contribution in [0.1, 0.15) is 22.3 Å². The van der Waals surface area contributed by atoms with E-state index < -0.39 is 18.1 Å². The number of halogens is 3. The summed E-state index contributed by atoms with van der Waals surface area (Å²) in [6.45, 7) is 0.701. The van der Waals surface area contributed by atoms with Crippen LogP contribution in [0.2, 0.25) is 0 Å². The SMILES string of the molecule is Cc1cnc(F)c(-c2cccc(C3(c4ccc(OC(F)F)c(C)c4)COC(N)=N3)c2)c1. The molecule has 4 rings (SSSR count). The van der Waals surface area contributed by atoms with E-state index in [2.05, 4.69) is 14.7 Å². The van der Waals surface area contributed by atoms with Crippen LogP contribution in [0, 0.1) is 19.8 Å². The summed E-state index contributed by atoms with van der Waals surface area (Å²) in [4.78, 5) is 8.34. The lowest BCUT2D eigenvalue weighted by Crippen LogP contribution is -2.27.